The Kier molecular flexibility index (Phi) is 4.82. The van der Waals surface area contributed by atoms with E-state index in [-0.39, 0.29) is 29.9 Å². The molecular weight excluding hydrogens is 348 g/mol. The molecule has 0 aromatic heterocycles. The smallest absolute Gasteiger partial charge is 0.317 e. The van der Waals surface area contributed by atoms with Crippen LogP contribution in [0.5, 0.6) is 5.75 Å². The van der Waals surface area contributed by atoms with Crippen molar-refractivity contribution in [2.45, 2.75) is 24.4 Å². The molecule has 0 radical (unpaired) electrons. The highest BCUT2D eigenvalue weighted by Gasteiger charge is 2.61. The van der Waals surface area contributed by atoms with Crippen molar-refractivity contribution in [2.75, 3.05) is 46.4 Å². The van der Waals surface area contributed by atoms with Crippen molar-refractivity contribution in [3.63, 3.8) is 0 Å². The lowest BCUT2D eigenvalue weighted by Crippen LogP contribution is -2.50. The standard InChI is InChI=1S/C20H26N2O5/c1-21(13-18(23)24)11-14-12-22(7-9-26-14)19(25)16-10-20(16)6-8-27-17-5-3-2-4-15(17)20/h2-5,14,16H,6-13H2,1H3,(H,23,24). The molecule has 1 amide bonds. The molecule has 1 aromatic carbocycles. The SMILES string of the molecule is CN(CC(=O)O)CC1CN(C(=O)C2CC23CCOc2ccccc23)CCO1. The maximum Gasteiger partial charge on any atom is 0.317 e. The van der Waals surface area contributed by atoms with E-state index >= 15 is 0 Å². The Morgan fingerprint density at radius 1 is 1.33 bits per heavy atom. The van der Waals surface area contributed by atoms with Crippen molar-refractivity contribution >= 4 is 11.9 Å². The molecule has 7 heteroatoms. The van der Waals surface area contributed by atoms with Gasteiger partial charge < -0.3 is 19.5 Å². The van der Waals surface area contributed by atoms with Gasteiger partial charge in [0.1, 0.15) is 5.75 Å². The molecule has 146 valence electrons. The number of carbonyl (C=O) groups is 2. The Balaban J connectivity index is 1.40. The molecule has 3 aliphatic rings. The summed E-state index contributed by atoms with van der Waals surface area (Å²) in [7, 11) is 1.76. The fourth-order valence-corrected chi connectivity index (χ4v) is 4.58. The molecule has 3 unspecified atom stereocenters. The number of likely N-dealkylation sites (N-methyl/N-ethyl adjacent to an activating group) is 1. The average Bonchev–Trinajstić information content (AvgIpc) is 3.35. The van der Waals surface area contributed by atoms with Crippen LogP contribution in [0, 0.1) is 5.92 Å². The van der Waals surface area contributed by atoms with Crippen molar-refractivity contribution in [1.29, 1.82) is 0 Å². The van der Waals surface area contributed by atoms with Crippen molar-refractivity contribution in [1.82, 2.24) is 9.80 Å². The minimum absolute atomic E-state index is 0.0121. The molecule has 1 spiro atoms. The highest BCUT2D eigenvalue weighted by atomic mass is 16.5. The van der Waals surface area contributed by atoms with Crippen LogP contribution in [0.25, 0.3) is 0 Å². The summed E-state index contributed by atoms with van der Waals surface area (Å²) in [6.45, 7) is 2.75. The summed E-state index contributed by atoms with van der Waals surface area (Å²) in [5.74, 6) is 0.257. The van der Waals surface area contributed by atoms with Gasteiger partial charge in [0.2, 0.25) is 5.91 Å². The van der Waals surface area contributed by atoms with Gasteiger partial charge in [-0.25, -0.2) is 0 Å². The molecule has 2 aliphatic heterocycles. The summed E-state index contributed by atoms with van der Waals surface area (Å²) in [4.78, 5) is 27.6. The number of carbonyl (C=O) groups excluding carboxylic acids is 1. The fraction of sp³-hybridized carbons (Fsp3) is 0.600. The molecule has 2 heterocycles. The third-order valence-corrected chi connectivity index (χ3v) is 5.97. The van der Waals surface area contributed by atoms with E-state index in [2.05, 4.69) is 6.07 Å². The molecule has 1 N–H and O–H groups in total. The maximum absolute atomic E-state index is 13.2. The largest absolute Gasteiger partial charge is 0.493 e. The number of carboxylic acid groups (broad SMARTS) is 1. The summed E-state index contributed by atoms with van der Waals surface area (Å²) < 4.78 is 11.5. The first-order valence-electron chi connectivity index (χ1n) is 9.52. The van der Waals surface area contributed by atoms with Crippen LogP contribution < -0.4 is 4.74 Å². The molecular formula is C20H26N2O5. The molecule has 1 aliphatic carbocycles. The fourth-order valence-electron chi connectivity index (χ4n) is 4.58. The van der Waals surface area contributed by atoms with Crippen molar-refractivity contribution in [2.24, 2.45) is 5.92 Å². The van der Waals surface area contributed by atoms with E-state index in [1.54, 1.807) is 11.9 Å². The molecule has 1 saturated heterocycles. The highest BCUT2D eigenvalue weighted by Crippen LogP contribution is 2.61. The van der Waals surface area contributed by atoms with Crippen LogP contribution in [-0.2, 0) is 19.7 Å². The third kappa shape index (κ3) is 3.53. The number of hydrogen-bond donors (Lipinski definition) is 1. The normalized spacial score (nSPS) is 29.3. The Morgan fingerprint density at radius 2 is 2.15 bits per heavy atom. The van der Waals surface area contributed by atoms with Crippen LogP contribution in [0.3, 0.4) is 0 Å². The van der Waals surface area contributed by atoms with Crippen molar-refractivity contribution in [3.8, 4) is 5.75 Å². The van der Waals surface area contributed by atoms with E-state index in [4.69, 9.17) is 14.6 Å². The molecule has 0 bridgehead atoms. The number of nitrogens with zero attached hydrogens (tertiary/aromatic N) is 2. The first-order valence-corrected chi connectivity index (χ1v) is 9.52. The molecule has 2 fully saturated rings. The second-order valence-corrected chi connectivity index (χ2v) is 7.88. The predicted molar refractivity (Wildman–Crippen MR) is 97.8 cm³/mol. The van der Waals surface area contributed by atoms with E-state index in [1.807, 2.05) is 23.1 Å². The number of morpholine rings is 1. The number of para-hydroxylation sites is 1. The zero-order valence-electron chi connectivity index (χ0n) is 15.6. The van der Waals surface area contributed by atoms with Gasteiger partial charge in [0, 0.05) is 36.5 Å². The number of rotatable bonds is 5. The van der Waals surface area contributed by atoms with Gasteiger partial charge in [-0.1, -0.05) is 18.2 Å². The molecule has 1 aromatic rings. The average molecular weight is 374 g/mol. The second kappa shape index (κ2) is 7.13. The van der Waals surface area contributed by atoms with Gasteiger partial charge in [-0.15, -0.1) is 0 Å². The monoisotopic (exact) mass is 374 g/mol. The minimum Gasteiger partial charge on any atom is -0.493 e. The number of hydrogen-bond acceptors (Lipinski definition) is 5. The quantitative estimate of drug-likeness (QED) is 0.827. The molecule has 1 saturated carbocycles. The second-order valence-electron chi connectivity index (χ2n) is 7.88. The summed E-state index contributed by atoms with van der Waals surface area (Å²) in [5.41, 5.74) is 1.10. The van der Waals surface area contributed by atoms with Crippen molar-refractivity contribution in [3.05, 3.63) is 29.8 Å². The van der Waals surface area contributed by atoms with Crippen LogP contribution in [0.1, 0.15) is 18.4 Å². The van der Waals surface area contributed by atoms with E-state index in [1.165, 1.54) is 5.56 Å². The number of carboxylic acids is 1. The highest BCUT2D eigenvalue weighted by molar-refractivity contribution is 5.85. The Bertz CT molecular complexity index is 739. The first-order chi connectivity index (χ1) is 13.0. The van der Waals surface area contributed by atoms with Crippen LogP contribution in [0.4, 0.5) is 0 Å². The van der Waals surface area contributed by atoms with E-state index < -0.39 is 5.97 Å². The van der Waals surface area contributed by atoms with Crippen molar-refractivity contribution < 1.29 is 24.2 Å². The van der Waals surface area contributed by atoms with Gasteiger partial charge in [-0.3, -0.25) is 14.5 Å². The number of amides is 1. The lowest BCUT2D eigenvalue weighted by Gasteiger charge is -2.35. The van der Waals surface area contributed by atoms with Gasteiger partial charge in [0.15, 0.2) is 0 Å². The Labute approximate surface area is 158 Å². The van der Waals surface area contributed by atoms with Gasteiger partial charge in [-0.2, -0.15) is 0 Å². The molecule has 27 heavy (non-hydrogen) atoms. The summed E-state index contributed by atoms with van der Waals surface area (Å²) in [6.07, 6.45) is 1.62. The number of ether oxygens (including phenoxy) is 2. The van der Waals surface area contributed by atoms with Gasteiger partial charge in [-0.05, 0) is 26.0 Å². The van der Waals surface area contributed by atoms with E-state index in [0.29, 0.717) is 32.8 Å². The van der Waals surface area contributed by atoms with Gasteiger partial charge in [0.05, 0.1) is 25.9 Å². The predicted octanol–water partition coefficient (Wildman–Crippen LogP) is 0.971. The first kappa shape index (κ1) is 18.3. The lowest BCUT2D eigenvalue weighted by atomic mass is 9.87. The number of aliphatic carboxylic acids is 1. The maximum atomic E-state index is 13.2. The summed E-state index contributed by atoms with van der Waals surface area (Å²) in [5, 5.41) is 8.90. The zero-order chi connectivity index (χ0) is 19.0. The summed E-state index contributed by atoms with van der Waals surface area (Å²) >= 11 is 0. The molecule has 4 rings (SSSR count). The van der Waals surface area contributed by atoms with Crippen LogP contribution in [0.2, 0.25) is 0 Å². The van der Waals surface area contributed by atoms with E-state index in [0.717, 1.165) is 18.6 Å². The zero-order valence-corrected chi connectivity index (χ0v) is 15.6. The third-order valence-electron chi connectivity index (χ3n) is 5.97. The lowest BCUT2D eigenvalue weighted by molar-refractivity contribution is -0.143. The molecule has 3 atom stereocenters. The number of benzene rings is 1. The summed E-state index contributed by atoms with van der Waals surface area (Å²) in [6, 6.07) is 8.05. The van der Waals surface area contributed by atoms with Crippen LogP contribution in [0.15, 0.2) is 24.3 Å². The van der Waals surface area contributed by atoms with Crippen LogP contribution >= 0.6 is 0 Å². The molecule has 7 nitrogen and oxygen atoms in total. The van der Waals surface area contributed by atoms with E-state index in [9.17, 15) is 9.59 Å². The van der Waals surface area contributed by atoms with Gasteiger partial charge >= 0.3 is 5.97 Å². The van der Waals surface area contributed by atoms with Gasteiger partial charge in [0.25, 0.3) is 0 Å². The topological polar surface area (TPSA) is 79.3 Å². The minimum atomic E-state index is -0.862. The van der Waals surface area contributed by atoms with Crippen LogP contribution in [-0.4, -0.2) is 79.3 Å². The number of fused-ring (bicyclic) bond motifs is 2. The Morgan fingerprint density at radius 3 is 2.96 bits per heavy atom. The Hall–Kier alpha value is -2.12.